The lowest BCUT2D eigenvalue weighted by Gasteiger charge is -2.21. The summed E-state index contributed by atoms with van der Waals surface area (Å²) in [6.45, 7) is 2.61. The molecular weight excluding hydrogens is 332 g/mol. The van der Waals surface area contributed by atoms with Crippen LogP contribution in [0.1, 0.15) is 55.8 Å². The Morgan fingerprint density at radius 1 is 1.15 bits per heavy atom. The van der Waals surface area contributed by atoms with Crippen LogP contribution in [0.5, 0.6) is 11.5 Å². The van der Waals surface area contributed by atoms with Crippen LogP contribution in [0.25, 0.3) is 0 Å². The number of hydrogen-bond donors (Lipinski definition) is 2. The summed E-state index contributed by atoms with van der Waals surface area (Å²) in [5, 5.41) is 0. The molecule has 0 spiro atoms. The number of ether oxygens (including phenoxy) is 2. The summed E-state index contributed by atoms with van der Waals surface area (Å²) >= 11 is 0. The predicted octanol–water partition coefficient (Wildman–Crippen LogP) is 3.07. The Labute approximate surface area is 154 Å². The largest absolute Gasteiger partial charge is 0.493 e. The maximum atomic E-state index is 12.3. The van der Waals surface area contributed by atoms with Crippen molar-refractivity contribution in [3.05, 3.63) is 23.8 Å². The van der Waals surface area contributed by atoms with Gasteiger partial charge in [0.1, 0.15) is 0 Å². The van der Waals surface area contributed by atoms with Crippen molar-refractivity contribution < 1.29 is 19.1 Å². The molecule has 0 saturated heterocycles. The lowest BCUT2D eigenvalue weighted by molar-refractivity contribution is -0.123. The fourth-order valence-electron chi connectivity index (χ4n) is 4.25. The molecule has 2 N–H and O–H groups in total. The van der Waals surface area contributed by atoms with Crippen LogP contribution in [-0.4, -0.2) is 25.5 Å². The summed E-state index contributed by atoms with van der Waals surface area (Å²) in [4.78, 5) is 24.4. The van der Waals surface area contributed by atoms with Gasteiger partial charge in [-0.1, -0.05) is 13.3 Å². The smallest absolute Gasteiger partial charge is 0.269 e. The molecule has 6 nitrogen and oxygen atoms in total. The first-order valence-electron chi connectivity index (χ1n) is 9.50. The number of carbonyl (C=O) groups is 2. The van der Waals surface area contributed by atoms with Crippen LogP contribution in [0.3, 0.4) is 0 Å². The van der Waals surface area contributed by atoms with Gasteiger partial charge in [-0.05, 0) is 61.6 Å². The maximum Gasteiger partial charge on any atom is 0.269 e. The minimum absolute atomic E-state index is 0.120. The zero-order valence-corrected chi connectivity index (χ0v) is 15.5. The average molecular weight is 360 g/mol. The number of amides is 2. The minimum Gasteiger partial charge on any atom is -0.493 e. The van der Waals surface area contributed by atoms with Crippen LogP contribution in [0, 0.1) is 17.8 Å². The molecule has 0 aliphatic heterocycles. The number of hydrogen-bond acceptors (Lipinski definition) is 4. The maximum absolute atomic E-state index is 12.3. The van der Waals surface area contributed by atoms with Crippen molar-refractivity contribution in [3.8, 4) is 11.5 Å². The van der Waals surface area contributed by atoms with Gasteiger partial charge in [-0.2, -0.15) is 0 Å². The fraction of sp³-hybridized carbons (Fsp3) is 0.600. The van der Waals surface area contributed by atoms with Gasteiger partial charge in [0.25, 0.3) is 5.91 Å². The van der Waals surface area contributed by atoms with Gasteiger partial charge in [0.2, 0.25) is 5.91 Å². The van der Waals surface area contributed by atoms with Crippen molar-refractivity contribution in [3.63, 3.8) is 0 Å². The number of fused-ring (bicyclic) bond motifs is 2. The molecule has 2 amide bonds. The number of nitrogens with one attached hydrogen (secondary N) is 2. The molecule has 2 saturated carbocycles. The summed E-state index contributed by atoms with van der Waals surface area (Å²) in [5.74, 6) is 2.60. The third-order valence-electron chi connectivity index (χ3n) is 5.54. The van der Waals surface area contributed by atoms with Crippen molar-refractivity contribution >= 4 is 11.8 Å². The molecule has 2 bridgehead atoms. The van der Waals surface area contributed by atoms with E-state index < -0.39 is 0 Å². The second-order valence-corrected chi connectivity index (χ2v) is 7.36. The zero-order chi connectivity index (χ0) is 18.5. The molecule has 0 heterocycles. The van der Waals surface area contributed by atoms with Gasteiger partial charge in [-0.3, -0.25) is 20.4 Å². The summed E-state index contributed by atoms with van der Waals surface area (Å²) in [7, 11) is 1.53. The molecule has 3 rings (SSSR count). The topological polar surface area (TPSA) is 76.7 Å². The van der Waals surface area contributed by atoms with Crippen LogP contribution in [-0.2, 0) is 4.79 Å². The van der Waals surface area contributed by atoms with E-state index in [0.29, 0.717) is 41.9 Å². The van der Waals surface area contributed by atoms with Gasteiger partial charge in [-0.25, -0.2) is 0 Å². The summed E-state index contributed by atoms with van der Waals surface area (Å²) in [6.07, 6.45) is 6.38. The monoisotopic (exact) mass is 360 g/mol. The summed E-state index contributed by atoms with van der Waals surface area (Å²) < 4.78 is 10.9. The van der Waals surface area contributed by atoms with E-state index in [1.807, 2.05) is 6.92 Å². The molecule has 1 aromatic rings. The molecule has 0 radical (unpaired) electrons. The SMILES string of the molecule is CCCOc1ccc(C(=O)NNC(=O)C[C@H]2C[C@@H]3CC[C@@H]2C3)cc1OC. The van der Waals surface area contributed by atoms with Crippen LogP contribution in [0.4, 0.5) is 0 Å². The van der Waals surface area contributed by atoms with E-state index >= 15 is 0 Å². The molecule has 0 aromatic heterocycles. The first-order chi connectivity index (χ1) is 12.6. The molecule has 6 heteroatoms. The first-order valence-corrected chi connectivity index (χ1v) is 9.50. The van der Waals surface area contributed by atoms with E-state index in [0.717, 1.165) is 18.8 Å². The third kappa shape index (κ3) is 4.29. The first kappa shape index (κ1) is 18.5. The summed E-state index contributed by atoms with van der Waals surface area (Å²) in [5.41, 5.74) is 5.45. The second kappa shape index (κ2) is 8.43. The van der Waals surface area contributed by atoms with Gasteiger partial charge >= 0.3 is 0 Å². The minimum atomic E-state index is -0.369. The van der Waals surface area contributed by atoms with E-state index in [-0.39, 0.29) is 11.8 Å². The van der Waals surface area contributed by atoms with E-state index in [1.54, 1.807) is 18.2 Å². The van der Waals surface area contributed by atoms with Crippen LogP contribution < -0.4 is 20.3 Å². The molecule has 3 atom stereocenters. The van der Waals surface area contributed by atoms with Crippen molar-refractivity contribution in [2.75, 3.05) is 13.7 Å². The number of hydrazine groups is 1. The molecule has 142 valence electrons. The lowest BCUT2D eigenvalue weighted by Crippen LogP contribution is -2.42. The van der Waals surface area contributed by atoms with E-state index in [9.17, 15) is 9.59 Å². The van der Waals surface area contributed by atoms with Crippen LogP contribution >= 0.6 is 0 Å². The molecule has 0 unspecified atom stereocenters. The third-order valence-corrected chi connectivity index (χ3v) is 5.54. The van der Waals surface area contributed by atoms with E-state index in [2.05, 4.69) is 10.9 Å². The molecule has 2 aliphatic rings. The fourth-order valence-corrected chi connectivity index (χ4v) is 4.25. The van der Waals surface area contributed by atoms with Crippen molar-refractivity contribution in [2.24, 2.45) is 17.8 Å². The molecule has 26 heavy (non-hydrogen) atoms. The highest BCUT2D eigenvalue weighted by Crippen LogP contribution is 2.49. The Morgan fingerprint density at radius 3 is 2.65 bits per heavy atom. The Morgan fingerprint density at radius 2 is 2.00 bits per heavy atom. The predicted molar refractivity (Wildman–Crippen MR) is 97.9 cm³/mol. The van der Waals surface area contributed by atoms with Gasteiger partial charge in [0.15, 0.2) is 11.5 Å². The van der Waals surface area contributed by atoms with E-state index in [4.69, 9.17) is 9.47 Å². The molecule has 2 fully saturated rings. The van der Waals surface area contributed by atoms with Crippen molar-refractivity contribution in [1.29, 1.82) is 0 Å². The second-order valence-electron chi connectivity index (χ2n) is 7.36. The van der Waals surface area contributed by atoms with Gasteiger partial charge in [0.05, 0.1) is 13.7 Å². The van der Waals surface area contributed by atoms with Gasteiger partial charge in [0, 0.05) is 12.0 Å². The lowest BCUT2D eigenvalue weighted by atomic mass is 9.86. The van der Waals surface area contributed by atoms with Crippen molar-refractivity contribution in [2.45, 2.75) is 45.4 Å². The van der Waals surface area contributed by atoms with Gasteiger partial charge < -0.3 is 9.47 Å². The Kier molecular flexibility index (Phi) is 6.01. The highest BCUT2D eigenvalue weighted by atomic mass is 16.5. The summed E-state index contributed by atoms with van der Waals surface area (Å²) in [6, 6.07) is 4.98. The molecule has 2 aliphatic carbocycles. The van der Waals surface area contributed by atoms with E-state index in [1.165, 1.54) is 26.4 Å². The number of methoxy groups -OCH3 is 1. The number of carbonyl (C=O) groups excluding carboxylic acids is 2. The molecular formula is C20H28N2O4. The zero-order valence-electron chi connectivity index (χ0n) is 15.5. The normalized spacial score (nSPS) is 23.5. The van der Waals surface area contributed by atoms with Gasteiger partial charge in [-0.15, -0.1) is 0 Å². The standard InChI is InChI=1S/C20H28N2O4/c1-3-8-26-17-7-6-15(11-18(17)25-2)20(24)22-21-19(23)12-16-10-13-4-5-14(16)9-13/h6-7,11,13-14,16H,3-5,8-10,12H2,1-2H3,(H,21,23)(H,22,24)/t13-,14-,16-/m1/s1. The van der Waals surface area contributed by atoms with Crippen LogP contribution in [0.15, 0.2) is 18.2 Å². The highest BCUT2D eigenvalue weighted by molar-refractivity contribution is 5.96. The Balaban J connectivity index is 1.50. The average Bonchev–Trinajstić information content (AvgIpc) is 3.27. The highest BCUT2D eigenvalue weighted by Gasteiger charge is 2.40. The number of rotatable bonds is 7. The van der Waals surface area contributed by atoms with Crippen molar-refractivity contribution in [1.82, 2.24) is 10.9 Å². The van der Waals surface area contributed by atoms with Crippen LogP contribution in [0.2, 0.25) is 0 Å². The Hall–Kier alpha value is -2.24. The quantitative estimate of drug-likeness (QED) is 0.733. The molecule has 1 aromatic carbocycles. The number of benzene rings is 1. The Bertz CT molecular complexity index is 661.